The zero-order valence-corrected chi connectivity index (χ0v) is 15.1. The molecule has 2 rings (SSSR count). The summed E-state index contributed by atoms with van der Waals surface area (Å²) in [6.07, 6.45) is 2.19. The highest BCUT2D eigenvalue weighted by molar-refractivity contribution is 6.10. The number of Topliss-reactive ketones (excluding diaryl/α,β-unsaturated/α-hetero) is 1. The molecule has 0 aromatic heterocycles. The molecule has 2 aromatic carbocycles. The van der Waals surface area contributed by atoms with Gasteiger partial charge >= 0.3 is 0 Å². The molecule has 0 heterocycles. The van der Waals surface area contributed by atoms with Crippen molar-refractivity contribution in [2.75, 3.05) is 10.6 Å². The van der Waals surface area contributed by atoms with Crippen LogP contribution in [0.5, 0.6) is 0 Å². The number of hydrogen-bond donors (Lipinski definition) is 2. The molecule has 0 aliphatic rings. The van der Waals surface area contributed by atoms with Crippen LogP contribution in [-0.2, 0) is 16.0 Å². The second-order valence-electron chi connectivity index (χ2n) is 5.95. The normalized spacial score (nSPS) is 11.0. The minimum Gasteiger partial charge on any atom is -0.323 e. The molecular formula is C21H22N2O3. The van der Waals surface area contributed by atoms with E-state index in [0.717, 1.165) is 6.42 Å². The predicted octanol–water partition coefficient (Wildman–Crippen LogP) is 3.98. The summed E-state index contributed by atoms with van der Waals surface area (Å²) in [5.74, 6) is -0.784. The van der Waals surface area contributed by atoms with Gasteiger partial charge in [-0.15, -0.1) is 0 Å². The second-order valence-corrected chi connectivity index (χ2v) is 5.95. The van der Waals surface area contributed by atoms with Crippen molar-refractivity contribution in [1.82, 2.24) is 0 Å². The van der Waals surface area contributed by atoms with E-state index in [2.05, 4.69) is 17.6 Å². The van der Waals surface area contributed by atoms with Gasteiger partial charge in [0, 0.05) is 28.6 Å². The highest BCUT2D eigenvalue weighted by Gasteiger charge is 2.08. The number of aryl methyl sites for hydroxylation is 1. The third kappa shape index (κ3) is 5.41. The molecule has 0 unspecified atom stereocenters. The number of anilines is 2. The van der Waals surface area contributed by atoms with E-state index in [1.807, 2.05) is 24.3 Å². The van der Waals surface area contributed by atoms with Gasteiger partial charge in [-0.2, -0.15) is 0 Å². The lowest BCUT2D eigenvalue weighted by Gasteiger charge is -2.07. The van der Waals surface area contributed by atoms with E-state index in [1.54, 1.807) is 31.2 Å². The first-order chi connectivity index (χ1) is 12.4. The van der Waals surface area contributed by atoms with Crippen LogP contribution in [0.15, 0.2) is 60.2 Å². The number of benzene rings is 2. The molecule has 0 radical (unpaired) electrons. The van der Waals surface area contributed by atoms with Crippen molar-refractivity contribution in [3.63, 3.8) is 0 Å². The van der Waals surface area contributed by atoms with Crippen molar-refractivity contribution in [3.8, 4) is 0 Å². The minimum absolute atomic E-state index is 0.0393. The van der Waals surface area contributed by atoms with Gasteiger partial charge in [-0.05, 0) is 62.2 Å². The molecule has 5 nitrogen and oxygen atoms in total. The van der Waals surface area contributed by atoms with Crippen molar-refractivity contribution in [2.24, 2.45) is 0 Å². The van der Waals surface area contributed by atoms with E-state index in [4.69, 9.17) is 0 Å². The molecule has 0 aliphatic carbocycles. The Morgan fingerprint density at radius 2 is 1.38 bits per heavy atom. The highest BCUT2D eigenvalue weighted by Crippen LogP contribution is 2.12. The van der Waals surface area contributed by atoms with Crippen LogP contribution in [0.4, 0.5) is 11.4 Å². The number of carbonyl (C=O) groups is 3. The van der Waals surface area contributed by atoms with E-state index in [1.165, 1.54) is 18.6 Å². The average molecular weight is 350 g/mol. The summed E-state index contributed by atoms with van der Waals surface area (Å²) >= 11 is 0. The van der Waals surface area contributed by atoms with Gasteiger partial charge in [-0.25, -0.2) is 0 Å². The summed E-state index contributed by atoms with van der Waals surface area (Å²) in [4.78, 5) is 35.5. The van der Waals surface area contributed by atoms with Gasteiger partial charge in [0.2, 0.25) is 5.91 Å². The number of carbonyl (C=O) groups excluding carboxylic acids is 3. The Kier molecular flexibility index (Phi) is 6.44. The summed E-state index contributed by atoms with van der Waals surface area (Å²) in [7, 11) is 0. The molecule has 0 bridgehead atoms. The first-order valence-electron chi connectivity index (χ1n) is 8.39. The monoisotopic (exact) mass is 350 g/mol. The van der Waals surface area contributed by atoms with E-state index in [-0.39, 0.29) is 23.2 Å². The summed E-state index contributed by atoms with van der Waals surface area (Å²) < 4.78 is 0. The van der Waals surface area contributed by atoms with Crippen LogP contribution in [0.2, 0.25) is 0 Å². The van der Waals surface area contributed by atoms with E-state index in [0.29, 0.717) is 16.9 Å². The van der Waals surface area contributed by atoms with Crippen LogP contribution < -0.4 is 10.6 Å². The zero-order chi connectivity index (χ0) is 19.1. The van der Waals surface area contributed by atoms with Gasteiger partial charge in [-0.1, -0.05) is 19.1 Å². The third-order valence-electron chi connectivity index (χ3n) is 3.88. The lowest BCUT2D eigenvalue weighted by atomic mass is 10.1. The van der Waals surface area contributed by atoms with Gasteiger partial charge in [0.05, 0.1) is 0 Å². The number of amides is 2. The topological polar surface area (TPSA) is 75.3 Å². The molecule has 5 heteroatoms. The molecule has 0 saturated carbocycles. The Morgan fingerprint density at radius 3 is 1.92 bits per heavy atom. The maximum atomic E-state index is 12.2. The van der Waals surface area contributed by atoms with Gasteiger partial charge in [0.1, 0.15) is 0 Å². The van der Waals surface area contributed by atoms with Crippen molar-refractivity contribution in [2.45, 2.75) is 27.2 Å². The van der Waals surface area contributed by atoms with E-state index >= 15 is 0 Å². The van der Waals surface area contributed by atoms with Gasteiger partial charge in [0.25, 0.3) is 5.91 Å². The average Bonchev–Trinajstić information content (AvgIpc) is 2.62. The van der Waals surface area contributed by atoms with Crippen LogP contribution >= 0.6 is 0 Å². The first kappa shape index (κ1) is 19.1. The molecule has 0 spiro atoms. The molecule has 0 atom stereocenters. The van der Waals surface area contributed by atoms with Gasteiger partial charge < -0.3 is 10.6 Å². The first-order valence-corrected chi connectivity index (χ1v) is 8.39. The van der Waals surface area contributed by atoms with Crippen molar-refractivity contribution >= 4 is 29.0 Å². The number of rotatable bonds is 6. The molecule has 2 aromatic rings. The number of hydrogen-bond acceptors (Lipinski definition) is 3. The molecule has 2 amide bonds. The number of nitrogens with one attached hydrogen (secondary N) is 2. The molecule has 0 fully saturated rings. The molecule has 26 heavy (non-hydrogen) atoms. The van der Waals surface area contributed by atoms with E-state index < -0.39 is 0 Å². The predicted molar refractivity (Wildman–Crippen MR) is 103 cm³/mol. The van der Waals surface area contributed by atoms with E-state index in [9.17, 15) is 14.4 Å². The van der Waals surface area contributed by atoms with Crippen molar-refractivity contribution in [3.05, 3.63) is 71.3 Å². The SMILES string of the molecule is CCc1ccc(NC(=O)/C=C(/C)C(=O)Nc2ccc(C(C)=O)cc2)cc1. The Labute approximate surface area is 153 Å². The fourth-order valence-corrected chi connectivity index (χ4v) is 2.28. The van der Waals surface area contributed by atoms with Crippen molar-refractivity contribution < 1.29 is 14.4 Å². The largest absolute Gasteiger partial charge is 0.323 e. The molecular weight excluding hydrogens is 328 g/mol. The lowest BCUT2D eigenvalue weighted by Crippen LogP contribution is -2.16. The molecule has 0 aliphatic heterocycles. The Balaban J connectivity index is 1.96. The maximum Gasteiger partial charge on any atom is 0.251 e. The molecule has 134 valence electrons. The summed E-state index contributed by atoms with van der Waals surface area (Å²) in [6, 6.07) is 14.1. The van der Waals surface area contributed by atoms with Gasteiger partial charge in [0.15, 0.2) is 5.78 Å². The van der Waals surface area contributed by atoms with Crippen LogP contribution in [0.1, 0.15) is 36.7 Å². The molecule has 0 saturated heterocycles. The molecule has 2 N–H and O–H groups in total. The quantitative estimate of drug-likeness (QED) is 0.611. The summed E-state index contributed by atoms with van der Waals surface area (Å²) in [5.41, 5.74) is 3.27. The van der Waals surface area contributed by atoms with Crippen molar-refractivity contribution in [1.29, 1.82) is 0 Å². The maximum absolute atomic E-state index is 12.2. The zero-order valence-electron chi connectivity index (χ0n) is 15.1. The Morgan fingerprint density at radius 1 is 0.846 bits per heavy atom. The van der Waals surface area contributed by atoms with Crippen LogP contribution in [0, 0.1) is 0 Å². The highest BCUT2D eigenvalue weighted by atomic mass is 16.2. The second kappa shape index (κ2) is 8.76. The van der Waals surface area contributed by atoms with Crippen LogP contribution in [0.25, 0.3) is 0 Å². The van der Waals surface area contributed by atoms with Crippen LogP contribution in [-0.4, -0.2) is 17.6 Å². The van der Waals surface area contributed by atoms with Gasteiger partial charge in [-0.3, -0.25) is 14.4 Å². The minimum atomic E-state index is -0.378. The lowest BCUT2D eigenvalue weighted by molar-refractivity contribution is -0.114. The Hall–Kier alpha value is -3.21. The summed E-state index contributed by atoms with van der Waals surface area (Å²) in [6.45, 7) is 5.11. The smallest absolute Gasteiger partial charge is 0.251 e. The van der Waals surface area contributed by atoms with Crippen LogP contribution in [0.3, 0.4) is 0 Å². The summed E-state index contributed by atoms with van der Waals surface area (Å²) in [5, 5.41) is 5.42. The Bertz CT molecular complexity index is 835. The third-order valence-corrected chi connectivity index (χ3v) is 3.88. The number of ketones is 1. The fourth-order valence-electron chi connectivity index (χ4n) is 2.28. The fraction of sp³-hybridized carbons (Fsp3) is 0.190. The standard InChI is InChI=1S/C21H22N2O3/c1-4-16-5-9-18(10-6-16)22-20(25)13-14(2)21(26)23-19-11-7-17(8-12-19)15(3)24/h5-13H,4H2,1-3H3,(H,22,25)(H,23,26)/b14-13-.